The van der Waals surface area contributed by atoms with Crippen LogP contribution in [0.5, 0.6) is 0 Å². The quantitative estimate of drug-likeness (QED) is 0.306. The van der Waals surface area contributed by atoms with E-state index < -0.39 is 39.1 Å². The van der Waals surface area contributed by atoms with Gasteiger partial charge in [0.05, 0.1) is 40.5 Å². The first-order valence-corrected chi connectivity index (χ1v) is 9.45. The highest BCUT2D eigenvalue weighted by Gasteiger charge is 2.34. The van der Waals surface area contributed by atoms with Gasteiger partial charge in [-0.15, -0.1) is 0 Å². The van der Waals surface area contributed by atoms with Crippen molar-refractivity contribution < 1.29 is 32.2 Å². The number of carbonyl (C=O) groups is 2. The Kier molecular flexibility index (Phi) is 7.56. The lowest BCUT2D eigenvalue weighted by Gasteiger charge is -2.26. The van der Waals surface area contributed by atoms with Gasteiger partial charge in [0.1, 0.15) is 5.70 Å². The summed E-state index contributed by atoms with van der Waals surface area (Å²) in [5, 5.41) is -1.03. The normalized spacial score (nSPS) is 14.1. The maximum absolute atomic E-state index is 12.8. The number of esters is 2. The molecule has 0 bridgehead atoms. The zero-order chi connectivity index (χ0) is 21.9. The van der Waals surface area contributed by atoms with Gasteiger partial charge in [-0.05, 0) is 30.0 Å². The number of halogens is 6. The summed E-state index contributed by atoms with van der Waals surface area (Å²) >= 11 is 17.9. The highest BCUT2D eigenvalue weighted by Crippen LogP contribution is 2.49. The van der Waals surface area contributed by atoms with Crippen LogP contribution in [0.15, 0.2) is 46.7 Å². The molecule has 0 saturated carbocycles. The van der Waals surface area contributed by atoms with Crippen molar-refractivity contribution >= 4 is 64.2 Å². The van der Waals surface area contributed by atoms with E-state index in [4.69, 9.17) is 39.5 Å². The number of benzene rings is 1. The van der Waals surface area contributed by atoms with Crippen LogP contribution in [0, 0.1) is 0 Å². The summed E-state index contributed by atoms with van der Waals surface area (Å²) in [5.74, 6) is -1.81. The predicted molar refractivity (Wildman–Crippen MR) is 105 cm³/mol. The molecule has 156 valence electrons. The average molecular weight is 489 g/mol. The molecule has 0 atom stereocenters. The molecule has 0 amide bonds. The predicted octanol–water partition coefficient (Wildman–Crippen LogP) is 5.75. The lowest BCUT2D eigenvalue weighted by atomic mass is 10.1. The monoisotopic (exact) mass is 487 g/mol. The lowest BCUT2D eigenvalue weighted by Crippen LogP contribution is -2.27. The van der Waals surface area contributed by atoms with E-state index in [0.29, 0.717) is 0 Å². The van der Waals surface area contributed by atoms with Crippen LogP contribution in [0.1, 0.15) is 0 Å². The van der Waals surface area contributed by atoms with E-state index in [2.05, 4.69) is 4.74 Å². The van der Waals surface area contributed by atoms with Gasteiger partial charge in [0.25, 0.3) is 0 Å². The Morgan fingerprint density at radius 1 is 1.03 bits per heavy atom. The summed E-state index contributed by atoms with van der Waals surface area (Å²) < 4.78 is 47.7. The molecule has 0 radical (unpaired) electrons. The number of alkyl halides is 3. The molecule has 1 aromatic rings. The molecule has 5 nitrogen and oxygen atoms in total. The maximum atomic E-state index is 12.8. The number of hydrogen-bond donors (Lipinski definition) is 0. The number of thioether (sulfide) groups is 1. The van der Waals surface area contributed by atoms with Gasteiger partial charge >= 0.3 is 17.4 Å². The van der Waals surface area contributed by atoms with Crippen molar-refractivity contribution in [2.24, 2.45) is 0 Å². The van der Waals surface area contributed by atoms with Gasteiger partial charge in [0, 0.05) is 11.1 Å². The van der Waals surface area contributed by atoms with Gasteiger partial charge in [-0.3, -0.25) is 0 Å². The number of rotatable bonds is 4. The molecule has 1 aliphatic heterocycles. The first-order valence-electron chi connectivity index (χ1n) is 7.50. The second-order valence-electron chi connectivity index (χ2n) is 5.20. The molecule has 12 heteroatoms. The molecule has 0 aromatic heterocycles. The number of carbonyl (C=O) groups excluding carboxylic acids is 2. The Labute approximate surface area is 182 Å². The van der Waals surface area contributed by atoms with Crippen LogP contribution in [-0.4, -0.2) is 31.7 Å². The molecule has 1 heterocycles. The maximum Gasteiger partial charge on any atom is 0.446 e. The van der Waals surface area contributed by atoms with Crippen LogP contribution in [0.3, 0.4) is 0 Å². The number of hydrogen-bond acceptors (Lipinski definition) is 6. The fraction of sp³-hybridized carbons (Fsp3) is 0.176. The summed E-state index contributed by atoms with van der Waals surface area (Å²) in [5.41, 5.74) is -5.26. The Hall–Kier alpha value is -1.81. The van der Waals surface area contributed by atoms with Crippen molar-refractivity contribution in [2.75, 3.05) is 19.1 Å². The Bertz CT molecular complexity index is 945. The van der Waals surface area contributed by atoms with Gasteiger partial charge in [-0.25, -0.2) is 9.59 Å². The minimum atomic E-state index is -4.63. The van der Waals surface area contributed by atoms with Crippen LogP contribution in [0.25, 0.3) is 0 Å². The highest BCUT2D eigenvalue weighted by atomic mass is 35.5. The van der Waals surface area contributed by atoms with E-state index in [1.807, 2.05) is 0 Å². The van der Waals surface area contributed by atoms with Gasteiger partial charge in [0.15, 0.2) is 0 Å². The minimum absolute atomic E-state index is 0.119. The summed E-state index contributed by atoms with van der Waals surface area (Å²) in [6.07, 6.45) is 5.49. The van der Waals surface area contributed by atoms with Crippen LogP contribution in [0.2, 0.25) is 15.1 Å². The zero-order valence-electron chi connectivity index (χ0n) is 14.6. The first kappa shape index (κ1) is 23.5. The van der Waals surface area contributed by atoms with E-state index in [1.165, 1.54) is 24.4 Å². The third kappa shape index (κ3) is 5.22. The molecule has 1 aliphatic rings. The summed E-state index contributed by atoms with van der Waals surface area (Å²) in [4.78, 5) is 25.3. The van der Waals surface area contributed by atoms with Crippen LogP contribution in [0.4, 0.5) is 18.9 Å². The summed E-state index contributed by atoms with van der Waals surface area (Å²) in [6.45, 7) is 0. The van der Waals surface area contributed by atoms with E-state index in [1.54, 1.807) is 0 Å². The zero-order valence-corrected chi connectivity index (χ0v) is 17.7. The largest absolute Gasteiger partial charge is 0.465 e. The van der Waals surface area contributed by atoms with Crippen LogP contribution in [-0.2, 0) is 19.1 Å². The molecule has 0 saturated heterocycles. The van der Waals surface area contributed by atoms with Crippen LogP contribution >= 0.6 is 46.6 Å². The van der Waals surface area contributed by atoms with Crippen molar-refractivity contribution in [1.29, 1.82) is 0 Å². The molecule has 2 rings (SSSR count). The van der Waals surface area contributed by atoms with Crippen molar-refractivity contribution in [3.8, 4) is 0 Å². The lowest BCUT2D eigenvalue weighted by molar-refractivity contribution is -0.139. The molecule has 0 fully saturated rings. The van der Waals surface area contributed by atoms with E-state index in [9.17, 15) is 22.8 Å². The second-order valence-corrected chi connectivity index (χ2v) is 7.47. The van der Waals surface area contributed by atoms with E-state index in [-0.39, 0.29) is 27.0 Å². The Balaban J connectivity index is 2.75. The molecule has 0 unspecified atom stereocenters. The number of nitrogens with zero attached hydrogens (tertiary/aromatic N) is 1. The van der Waals surface area contributed by atoms with Gasteiger partial charge in [-0.2, -0.15) is 13.2 Å². The molecule has 0 N–H and O–H groups in total. The SMILES string of the molecule is COC(=O)C1=C(C(=O)OC)N(c2c(Cl)cc(SC(F)(F)F)c(Cl)c2Cl)C=CC=C1. The number of anilines is 1. The standard InChI is InChI=1S/C17H11Cl3F3NO4S/c1-27-15(25)8-5-3-4-6-24(13(8)16(26)28-2)14-9(18)7-10(11(19)12(14)20)29-17(21,22)23/h3-7H,1-2H3. The number of allylic oxidation sites excluding steroid dienone is 2. The molecular weight excluding hydrogens is 478 g/mol. The van der Waals surface area contributed by atoms with E-state index >= 15 is 0 Å². The van der Waals surface area contributed by atoms with E-state index in [0.717, 1.165) is 25.2 Å². The van der Waals surface area contributed by atoms with Crippen molar-refractivity contribution in [3.05, 3.63) is 56.8 Å². The van der Waals surface area contributed by atoms with Crippen molar-refractivity contribution in [3.63, 3.8) is 0 Å². The van der Waals surface area contributed by atoms with Gasteiger partial charge in [0.2, 0.25) is 0 Å². The smallest absolute Gasteiger partial charge is 0.446 e. The number of methoxy groups -OCH3 is 2. The third-order valence-electron chi connectivity index (χ3n) is 3.46. The fourth-order valence-electron chi connectivity index (χ4n) is 2.32. The van der Waals surface area contributed by atoms with Gasteiger partial charge in [-0.1, -0.05) is 40.9 Å². The number of ether oxygens (including phenoxy) is 2. The first-order chi connectivity index (χ1) is 13.5. The molecule has 1 aromatic carbocycles. The van der Waals surface area contributed by atoms with Crippen molar-refractivity contribution in [1.82, 2.24) is 0 Å². The topological polar surface area (TPSA) is 55.8 Å². The minimum Gasteiger partial charge on any atom is -0.465 e. The average Bonchev–Trinajstić information content (AvgIpc) is 2.86. The third-order valence-corrected chi connectivity index (χ3v) is 5.49. The highest BCUT2D eigenvalue weighted by molar-refractivity contribution is 8.00. The van der Waals surface area contributed by atoms with Crippen molar-refractivity contribution in [2.45, 2.75) is 10.4 Å². The Morgan fingerprint density at radius 3 is 2.21 bits per heavy atom. The van der Waals surface area contributed by atoms with Crippen LogP contribution < -0.4 is 4.90 Å². The summed E-state index contributed by atoms with van der Waals surface area (Å²) in [6, 6.07) is 0.960. The van der Waals surface area contributed by atoms with Gasteiger partial charge < -0.3 is 14.4 Å². The molecule has 29 heavy (non-hydrogen) atoms. The molecular formula is C17H11Cl3F3NO4S. The molecule has 0 spiro atoms. The molecule has 0 aliphatic carbocycles. The Morgan fingerprint density at radius 2 is 1.66 bits per heavy atom. The second kappa shape index (κ2) is 9.34. The summed E-state index contributed by atoms with van der Waals surface area (Å²) in [7, 11) is 2.20. The fourth-order valence-corrected chi connectivity index (χ4v) is 3.96.